The third kappa shape index (κ3) is 3.92. The highest BCUT2D eigenvalue weighted by molar-refractivity contribution is 6.36. The monoisotopic (exact) mass is 335 g/mol. The fraction of sp³-hybridized carbons (Fsp3) is 0.353. The molecule has 0 N–H and O–H groups in total. The number of halogens is 2. The van der Waals surface area contributed by atoms with E-state index in [1.54, 1.807) is 0 Å². The molecule has 116 valence electrons. The van der Waals surface area contributed by atoms with Crippen LogP contribution in [0.15, 0.2) is 42.7 Å². The van der Waals surface area contributed by atoms with Crippen LogP contribution in [0.2, 0.25) is 10.0 Å². The molecule has 0 bridgehead atoms. The molecule has 2 aromatic rings. The van der Waals surface area contributed by atoms with Crippen molar-refractivity contribution in [3.63, 3.8) is 0 Å². The second-order valence-corrected chi connectivity index (χ2v) is 6.38. The Morgan fingerprint density at radius 2 is 1.86 bits per heavy atom. The average Bonchev–Trinajstić information content (AvgIpc) is 2.55. The number of hydrogen-bond acceptors (Lipinski definition) is 3. The molecule has 1 fully saturated rings. The summed E-state index contributed by atoms with van der Waals surface area (Å²) < 4.78 is 0. The lowest BCUT2D eigenvalue weighted by molar-refractivity contribution is 0.261. The maximum absolute atomic E-state index is 6.29. The summed E-state index contributed by atoms with van der Waals surface area (Å²) in [6.07, 6.45) is 4.82. The molecule has 0 spiro atoms. The topological polar surface area (TPSA) is 19.4 Å². The Hall–Kier alpha value is -1.29. The molecule has 0 aliphatic carbocycles. The summed E-state index contributed by atoms with van der Waals surface area (Å²) in [5, 5.41) is 1.42. The molecule has 0 unspecified atom stereocenters. The van der Waals surface area contributed by atoms with Crippen LogP contribution in [0.4, 0.5) is 5.69 Å². The minimum Gasteiger partial charge on any atom is -0.368 e. The molecule has 1 saturated heterocycles. The van der Waals surface area contributed by atoms with Crippen molar-refractivity contribution in [2.75, 3.05) is 37.6 Å². The molecule has 0 atom stereocenters. The molecule has 1 aliphatic heterocycles. The van der Waals surface area contributed by atoms with Crippen LogP contribution >= 0.6 is 23.2 Å². The molecule has 0 saturated carbocycles. The molecule has 0 amide bonds. The quantitative estimate of drug-likeness (QED) is 0.848. The van der Waals surface area contributed by atoms with Crippen LogP contribution in [-0.2, 0) is 6.42 Å². The number of aromatic nitrogens is 1. The number of hydrogen-bond donors (Lipinski definition) is 0. The Morgan fingerprint density at radius 1 is 1.05 bits per heavy atom. The lowest BCUT2D eigenvalue weighted by atomic mass is 10.2. The van der Waals surface area contributed by atoms with Crippen molar-refractivity contribution in [2.45, 2.75) is 6.42 Å². The Labute approximate surface area is 141 Å². The molecule has 1 aromatic heterocycles. The van der Waals surface area contributed by atoms with Crippen LogP contribution in [0.5, 0.6) is 0 Å². The summed E-state index contributed by atoms with van der Waals surface area (Å²) in [5.74, 6) is 0. The van der Waals surface area contributed by atoms with Crippen LogP contribution in [0.3, 0.4) is 0 Å². The van der Waals surface area contributed by atoms with Crippen molar-refractivity contribution in [1.82, 2.24) is 9.88 Å². The molecule has 5 heteroatoms. The second-order valence-electron chi connectivity index (χ2n) is 5.54. The van der Waals surface area contributed by atoms with Crippen molar-refractivity contribution in [3.05, 3.63) is 58.3 Å². The number of pyridine rings is 1. The van der Waals surface area contributed by atoms with E-state index in [-0.39, 0.29) is 0 Å². The Balaban J connectivity index is 1.52. The predicted octanol–water partition coefficient (Wildman–Crippen LogP) is 3.75. The molecule has 1 aromatic carbocycles. The van der Waals surface area contributed by atoms with E-state index in [1.165, 1.54) is 5.56 Å². The van der Waals surface area contributed by atoms with E-state index in [1.807, 2.05) is 36.7 Å². The summed E-state index contributed by atoms with van der Waals surface area (Å²) in [6.45, 7) is 5.18. The van der Waals surface area contributed by atoms with Gasteiger partial charge in [-0.1, -0.05) is 29.3 Å². The average molecular weight is 336 g/mol. The van der Waals surface area contributed by atoms with E-state index in [0.717, 1.165) is 49.9 Å². The standard InChI is InChI=1S/C17H19Cl2N3/c18-15-3-4-17(16(19)12-15)22-10-8-21(9-11-22)7-5-14-2-1-6-20-13-14/h1-4,6,12-13H,5,7-11H2. The fourth-order valence-electron chi connectivity index (χ4n) is 2.78. The van der Waals surface area contributed by atoms with Crippen LogP contribution in [0.25, 0.3) is 0 Å². The van der Waals surface area contributed by atoms with Gasteiger partial charge in [-0.25, -0.2) is 0 Å². The smallest absolute Gasteiger partial charge is 0.0654 e. The molecule has 3 nitrogen and oxygen atoms in total. The SMILES string of the molecule is Clc1ccc(N2CCN(CCc3cccnc3)CC2)c(Cl)c1. The van der Waals surface area contributed by atoms with E-state index in [4.69, 9.17) is 23.2 Å². The highest BCUT2D eigenvalue weighted by Crippen LogP contribution is 2.29. The molecular weight excluding hydrogens is 317 g/mol. The van der Waals surface area contributed by atoms with E-state index in [2.05, 4.69) is 20.9 Å². The zero-order valence-electron chi connectivity index (χ0n) is 12.4. The van der Waals surface area contributed by atoms with Crippen molar-refractivity contribution in [1.29, 1.82) is 0 Å². The first-order valence-electron chi connectivity index (χ1n) is 7.53. The molecule has 3 rings (SSSR count). The number of piperazine rings is 1. The van der Waals surface area contributed by atoms with Crippen molar-refractivity contribution >= 4 is 28.9 Å². The minimum atomic E-state index is 0.684. The van der Waals surface area contributed by atoms with Crippen LogP contribution in [0.1, 0.15) is 5.56 Å². The first-order valence-corrected chi connectivity index (χ1v) is 8.29. The van der Waals surface area contributed by atoms with E-state index in [9.17, 15) is 0 Å². The summed E-state index contributed by atoms with van der Waals surface area (Å²) in [7, 11) is 0. The van der Waals surface area contributed by atoms with Gasteiger partial charge in [0.2, 0.25) is 0 Å². The Bertz CT molecular complexity index is 611. The summed E-state index contributed by atoms with van der Waals surface area (Å²) >= 11 is 12.3. The summed E-state index contributed by atoms with van der Waals surface area (Å²) in [4.78, 5) is 8.99. The highest BCUT2D eigenvalue weighted by atomic mass is 35.5. The van der Waals surface area contributed by atoms with Gasteiger partial charge in [-0.05, 0) is 36.2 Å². The number of nitrogens with zero attached hydrogens (tertiary/aromatic N) is 3. The lowest BCUT2D eigenvalue weighted by Crippen LogP contribution is -2.47. The van der Waals surface area contributed by atoms with Crippen molar-refractivity contribution < 1.29 is 0 Å². The first kappa shape index (κ1) is 15.6. The minimum absolute atomic E-state index is 0.684. The number of anilines is 1. The Morgan fingerprint density at radius 3 is 2.55 bits per heavy atom. The fourth-order valence-corrected chi connectivity index (χ4v) is 3.31. The first-order chi connectivity index (χ1) is 10.7. The van der Waals surface area contributed by atoms with Gasteiger partial charge in [-0.3, -0.25) is 9.88 Å². The van der Waals surface area contributed by atoms with Gasteiger partial charge in [0.1, 0.15) is 0 Å². The van der Waals surface area contributed by atoms with E-state index < -0.39 is 0 Å². The maximum atomic E-state index is 6.29. The molecule has 0 radical (unpaired) electrons. The van der Waals surface area contributed by atoms with Crippen LogP contribution < -0.4 is 4.90 Å². The largest absolute Gasteiger partial charge is 0.368 e. The van der Waals surface area contributed by atoms with Gasteiger partial charge in [-0.2, -0.15) is 0 Å². The lowest BCUT2D eigenvalue weighted by Gasteiger charge is -2.36. The number of rotatable bonds is 4. The highest BCUT2D eigenvalue weighted by Gasteiger charge is 2.18. The van der Waals surface area contributed by atoms with Crippen molar-refractivity contribution in [2.24, 2.45) is 0 Å². The van der Waals surface area contributed by atoms with E-state index in [0.29, 0.717) is 5.02 Å². The predicted molar refractivity (Wildman–Crippen MR) is 93.1 cm³/mol. The van der Waals surface area contributed by atoms with Gasteiger partial charge < -0.3 is 4.90 Å². The van der Waals surface area contributed by atoms with Crippen molar-refractivity contribution in [3.8, 4) is 0 Å². The maximum Gasteiger partial charge on any atom is 0.0654 e. The second kappa shape index (κ2) is 7.32. The zero-order chi connectivity index (χ0) is 15.4. The zero-order valence-corrected chi connectivity index (χ0v) is 13.9. The normalized spacial score (nSPS) is 16.0. The van der Waals surface area contributed by atoms with Gasteiger partial charge in [0.15, 0.2) is 0 Å². The summed E-state index contributed by atoms with van der Waals surface area (Å²) in [5.41, 5.74) is 2.38. The Kier molecular flexibility index (Phi) is 5.19. The summed E-state index contributed by atoms with van der Waals surface area (Å²) in [6, 6.07) is 9.85. The van der Waals surface area contributed by atoms with Gasteiger partial charge in [0.25, 0.3) is 0 Å². The van der Waals surface area contributed by atoms with Gasteiger partial charge in [0, 0.05) is 50.1 Å². The van der Waals surface area contributed by atoms with Crippen LogP contribution in [-0.4, -0.2) is 42.6 Å². The molecular formula is C17H19Cl2N3. The number of benzene rings is 1. The van der Waals surface area contributed by atoms with E-state index >= 15 is 0 Å². The molecule has 2 heterocycles. The van der Waals surface area contributed by atoms with Crippen LogP contribution in [0, 0.1) is 0 Å². The van der Waals surface area contributed by atoms with Gasteiger partial charge >= 0.3 is 0 Å². The third-order valence-electron chi connectivity index (χ3n) is 4.06. The third-order valence-corrected chi connectivity index (χ3v) is 4.60. The molecule has 1 aliphatic rings. The van der Waals surface area contributed by atoms with Gasteiger partial charge in [0.05, 0.1) is 10.7 Å². The van der Waals surface area contributed by atoms with Gasteiger partial charge in [-0.15, -0.1) is 0 Å². The molecule has 22 heavy (non-hydrogen) atoms.